The molecule has 0 spiro atoms. The first-order valence-electron chi connectivity index (χ1n) is 8.76. The third-order valence-corrected chi connectivity index (χ3v) is 4.48. The van der Waals surface area contributed by atoms with Crippen molar-refractivity contribution < 1.29 is 9.90 Å². The van der Waals surface area contributed by atoms with Crippen LogP contribution in [0.2, 0.25) is 0 Å². The summed E-state index contributed by atoms with van der Waals surface area (Å²) >= 11 is 0. The van der Waals surface area contributed by atoms with E-state index in [1.165, 1.54) is 0 Å². The van der Waals surface area contributed by atoms with Gasteiger partial charge in [0.25, 0.3) is 0 Å². The van der Waals surface area contributed by atoms with E-state index in [0.29, 0.717) is 18.4 Å². The second-order valence-corrected chi connectivity index (χ2v) is 6.87. The van der Waals surface area contributed by atoms with Crippen molar-refractivity contribution in [2.75, 3.05) is 19.7 Å². The van der Waals surface area contributed by atoms with Gasteiger partial charge < -0.3 is 20.3 Å². The molecule has 2 rings (SSSR count). The number of rotatable bonds is 7. The van der Waals surface area contributed by atoms with Crippen molar-refractivity contribution in [3.63, 3.8) is 0 Å². The zero-order valence-corrected chi connectivity index (χ0v) is 14.3. The summed E-state index contributed by atoms with van der Waals surface area (Å²) < 4.78 is 0. The van der Waals surface area contributed by atoms with Gasteiger partial charge in [0.2, 0.25) is 0 Å². The Morgan fingerprint density at radius 3 is 3.00 bits per heavy atom. The number of carbonyl (C=O) groups is 1. The molecule has 0 radical (unpaired) electrons. The number of aliphatic hydroxyl groups excluding tert-OH is 1. The molecule has 1 aromatic heterocycles. The second kappa shape index (κ2) is 8.91. The van der Waals surface area contributed by atoms with Gasteiger partial charge in [-0.15, -0.1) is 0 Å². The number of nitrogens with zero attached hydrogens (tertiary/aromatic N) is 2. The van der Waals surface area contributed by atoms with Crippen LogP contribution in [0.1, 0.15) is 57.8 Å². The molecule has 6 nitrogen and oxygen atoms in total. The highest BCUT2D eigenvalue weighted by molar-refractivity contribution is 5.74. The topological polar surface area (TPSA) is 81.2 Å². The van der Waals surface area contributed by atoms with E-state index < -0.39 is 0 Å². The van der Waals surface area contributed by atoms with E-state index in [-0.39, 0.29) is 18.7 Å². The lowest BCUT2D eigenvalue weighted by Gasteiger charge is -2.35. The van der Waals surface area contributed by atoms with Crippen LogP contribution in [0.5, 0.6) is 0 Å². The molecule has 1 saturated heterocycles. The van der Waals surface area contributed by atoms with Gasteiger partial charge in [-0.2, -0.15) is 0 Å². The summed E-state index contributed by atoms with van der Waals surface area (Å²) in [5.41, 5.74) is 0. The van der Waals surface area contributed by atoms with E-state index in [1.54, 1.807) is 12.4 Å². The number of carbonyl (C=O) groups excluding carboxylic acids is 1. The Labute approximate surface area is 138 Å². The number of H-pyrrole nitrogens is 1. The fourth-order valence-corrected chi connectivity index (χ4v) is 3.40. The van der Waals surface area contributed by atoms with Crippen molar-refractivity contribution in [2.24, 2.45) is 11.8 Å². The fraction of sp³-hybridized carbons (Fsp3) is 0.765. The number of likely N-dealkylation sites (tertiary alicyclic amines) is 1. The molecule has 1 aliphatic heterocycles. The maximum Gasteiger partial charge on any atom is 0.318 e. The van der Waals surface area contributed by atoms with Gasteiger partial charge >= 0.3 is 6.03 Å². The number of aliphatic hydroxyl groups is 1. The summed E-state index contributed by atoms with van der Waals surface area (Å²) in [7, 11) is 0. The highest BCUT2D eigenvalue weighted by Crippen LogP contribution is 2.28. The first kappa shape index (κ1) is 17.8. The van der Waals surface area contributed by atoms with Crippen LogP contribution in [0.4, 0.5) is 4.79 Å². The Bertz CT molecular complexity index is 461. The smallest absolute Gasteiger partial charge is 0.318 e. The lowest BCUT2D eigenvalue weighted by Crippen LogP contribution is -2.46. The summed E-state index contributed by atoms with van der Waals surface area (Å²) in [6.07, 6.45) is 8.40. The molecule has 0 aromatic carbocycles. The Balaban J connectivity index is 1.92. The SMILES string of the molecule is CC(C)CC(CCO)CNC(=O)N1CCCCC1c1ncc[nH]1. The molecule has 23 heavy (non-hydrogen) atoms. The minimum absolute atomic E-state index is 0.0159. The maximum atomic E-state index is 12.6. The molecule has 2 unspecified atom stereocenters. The third kappa shape index (κ3) is 5.23. The number of aromatic amines is 1. The summed E-state index contributed by atoms with van der Waals surface area (Å²) in [6, 6.07) is 0.0259. The monoisotopic (exact) mass is 322 g/mol. The summed E-state index contributed by atoms with van der Waals surface area (Å²) in [4.78, 5) is 22.0. The van der Waals surface area contributed by atoms with Gasteiger partial charge in [-0.3, -0.25) is 0 Å². The molecule has 1 fully saturated rings. The predicted octanol–water partition coefficient (Wildman–Crippen LogP) is 2.69. The van der Waals surface area contributed by atoms with Crippen LogP contribution in [0.25, 0.3) is 0 Å². The van der Waals surface area contributed by atoms with Crippen molar-refractivity contribution in [3.8, 4) is 0 Å². The van der Waals surface area contributed by atoms with Gasteiger partial charge in [-0.05, 0) is 43.9 Å². The van der Waals surface area contributed by atoms with Gasteiger partial charge in [0.1, 0.15) is 5.82 Å². The number of urea groups is 1. The van der Waals surface area contributed by atoms with E-state index in [0.717, 1.165) is 44.5 Å². The Morgan fingerprint density at radius 1 is 1.52 bits per heavy atom. The van der Waals surface area contributed by atoms with Crippen LogP contribution in [0.3, 0.4) is 0 Å². The number of nitrogens with one attached hydrogen (secondary N) is 2. The molecule has 0 saturated carbocycles. The van der Waals surface area contributed by atoms with Crippen molar-refractivity contribution >= 4 is 6.03 Å². The normalized spacial score (nSPS) is 19.8. The van der Waals surface area contributed by atoms with Gasteiger partial charge in [0.05, 0.1) is 6.04 Å². The van der Waals surface area contributed by atoms with Crippen molar-refractivity contribution in [3.05, 3.63) is 18.2 Å². The molecule has 130 valence electrons. The van der Waals surface area contributed by atoms with Crippen molar-refractivity contribution in [1.82, 2.24) is 20.2 Å². The highest BCUT2D eigenvalue weighted by atomic mass is 16.3. The first-order chi connectivity index (χ1) is 11.1. The lowest BCUT2D eigenvalue weighted by atomic mass is 9.94. The summed E-state index contributed by atoms with van der Waals surface area (Å²) in [5, 5.41) is 12.3. The molecular formula is C17H30N4O2. The van der Waals surface area contributed by atoms with Crippen LogP contribution >= 0.6 is 0 Å². The molecule has 2 amide bonds. The average Bonchev–Trinajstić information content (AvgIpc) is 3.06. The van der Waals surface area contributed by atoms with Crippen LogP contribution in [0.15, 0.2) is 12.4 Å². The minimum Gasteiger partial charge on any atom is -0.396 e. The number of hydrogen-bond acceptors (Lipinski definition) is 3. The third-order valence-electron chi connectivity index (χ3n) is 4.48. The van der Waals surface area contributed by atoms with Crippen LogP contribution in [-0.2, 0) is 0 Å². The van der Waals surface area contributed by atoms with Crippen LogP contribution < -0.4 is 5.32 Å². The molecule has 0 bridgehead atoms. The average molecular weight is 322 g/mol. The zero-order valence-electron chi connectivity index (χ0n) is 14.3. The Kier molecular flexibility index (Phi) is 6.89. The van der Waals surface area contributed by atoms with Crippen LogP contribution in [0, 0.1) is 11.8 Å². The zero-order chi connectivity index (χ0) is 16.7. The van der Waals surface area contributed by atoms with Gasteiger partial charge in [0, 0.05) is 32.1 Å². The van der Waals surface area contributed by atoms with Crippen molar-refractivity contribution in [1.29, 1.82) is 0 Å². The Hall–Kier alpha value is -1.56. The molecule has 1 aromatic rings. The molecule has 2 atom stereocenters. The van der Waals surface area contributed by atoms with Gasteiger partial charge in [-0.1, -0.05) is 13.8 Å². The maximum absolute atomic E-state index is 12.6. The van der Waals surface area contributed by atoms with Crippen molar-refractivity contribution in [2.45, 2.75) is 52.0 Å². The molecule has 3 N–H and O–H groups in total. The number of aromatic nitrogens is 2. The molecule has 0 aliphatic carbocycles. The largest absolute Gasteiger partial charge is 0.396 e. The minimum atomic E-state index is -0.0159. The number of hydrogen-bond donors (Lipinski definition) is 3. The number of imidazole rings is 1. The fourth-order valence-electron chi connectivity index (χ4n) is 3.40. The van der Waals surface area contributed by atoms with Gasteiger partial charge in [0.15, 0.2) is 0 Å². The molecule has 1 aliphatic rings. The molecule has 6 heteroatoms. The molecular weight excluding hydrogens is 292 g/mol. The summed E-state index contributed by atoms with van der Waals surface area (Å²) in [6.45, 7) is 5.91. The predicted molar refractivity (Wildman–Crippen MR) is 89.9 cm³/mol. The first-order valence-corrected chi connectivity index (χ1v) is 8.76. The molecule has 2 heterocycles. The van der Waals surface area contributed by atoms with Gasteiger partial charge in [-0.25, -0.2) is 9.78 Å². The number of amides is 2. The number of piperidine rings is 1. The second-order valence-electron chi connectivity index (χ2n) is 6.87. The van der Waals surface area contributed by atoms with E-state index >= 15 is 0 Å². The lowest BCUT2D eigenvalue weighted by molar-refractivity contribution is 0.145. The van der Waals surface area contributed by atoms with E-state index in [9.17, 15) is 9.90 Å². The standard InChI is InChI=1S/C17H30N4O2/c1-13(2)11-14(6-10-22)12-20-17(23)21-9-4-3-5-15(21)16-18-7-8-19-16/h7-8,13-15,22H,3-6,9-12H2,1-2H3,(H,18,19)(H,20,23). The van der Waals surface area contributed by atoms with Crippen LogP contribution in [-0.4, -0.2) is 45.7 Å². The highest BCUT2D eigenvalue weighted by Gasteiger charge is 2.29. The van der Waals surface area contributed by atoms with E-state index in [2.05, 4.69) is 29.1 Å². The van der Waals surface area contributed by atoms with E-state index in [4.69, 9.17) is 0 Å². The quantitative estimate of drug-likeness (QED) is 0.722. The van der Waals surface area contributed by atoms with E-state index in [1.807, 2.05) is 4.90 Å². The summed E-state index contributed by atoms with van der Waals surface area (Å²) in [5.74, 6) is 1.76. The Morgan fingerprint density at radius 2 is 2.35 bits per heavy atom.